The third-order valence-corrected chi connectivity index (χ3v) is 11.6. The van der Waals surface area contributed by atoms with Gasteiger partial charge in [0.2, 0.25) is 5.91 Å². The van der Waals surface area contributed by atoms with Crippen molar-refractivity contribution in [2.75, 3.05) is 19.8 Å². The summed E-state index contributed by atoms with van der Waals surface area (Å²) in [5.74, 6) is -0.452. The number of allylic oxidation sites excluding steroid dienone is 3. The Morgan fingerprint density at radius 1 is 0.607 bits per heavy atom. The number of aliphatic hydroxyl groups excluding tert-OH is 2. The van der Waals surface area contributed by atoms with Crippen LogP contribution in [0.5, 0.6) is 0 Å². The molecule has 0 radical (unpaired) electrons. The minimum Gasteiger partial charge on any atom is -0.393 e. The zero-order chi connectivity index (χ0) is 41.2. The van der Waals surface area contributed by atoms with Crippen LogP contribution in [0.4, 0.5) is 0 Å². The van der Waals surface area contributed by atoms with Gasteiger partial charge < -0.3 is 26.2 Å². The van der Waals surface area contributed by atoms with E-state index in [1.165, 1.54) is 161 Å². The van der Waals surface area contributed by atoms with Gasteiger partial charge in [-0.3, -0.25) is 13.8 Å². The molecule has 0 aliphatic rings. The number of hydrogen-bond donors (Lipinski definition) is 5. The lowest BCUT2D eigenvalue weighted by Crippen LogP contribution is -2.46. The van der Waals surface area contributed by atoms with Crippen molar-refractivity contribution in [3.8, 4) is 0 Å². The van der Waals surface area contributed by atoms with Gasteiger partial charge in [0.25, 0.3) is 0 Å². The first-order chi connectivity index (χ1) is 27.3. The summed E-state index contributed by atoms with van der Waals surface area (Å²) < 4.78 is 22.1. The van der Waals surface area contributed by atoms with E-state index >= 15 is 0 Å². The van der Waals surface area contributed by atoms with Crippen LogP contribution in [0.25, 0.3) is 0 Å². The van der Waals surface area contributed by atoms with Gasteiger partial charge in [0.1, 0.15) is 0 Å². The van der Waals surface area contributed by atoms with Crippen LogP contribution in [-0.2, 0) is 18.4 Å². The number of carbonyl (C=O) groups excluding carboxylic acids is 1. The van der Waals surface area contributed by atoms with Crippen LogP contribution >= 0.6 is 7.82 Å². The Kier molecular flexibility index (Phi) is 41.3. The van der Waals surface area contributed by atoms with Crippen molar-refractivity contribution in [1.29, 1.82) is 0 Å². The highest BCUT2D eigenvalue weighted by atomic mass is 31.2. The van der Waals surface area contributed by atoms with E-state index in [9.17, 15) is 24.5 Å². The summed E-state index contributed by atoms with van der Waals surface area (Å²) in [7, 11) is -4.41. The molecule has 0 aromatic heterocycles. The summed E-state index contributed by atoms with van der Waals surface area (Å²) in [6, 6.07) is -0.996. The van der Waals surface area contributed by atoms with E-state index in [-0.39, 0.29) is 19.6 Å². The maximum atomic E-state index is 12.8. The molecule has 0 rings (SSSR count). The van der Waals surface area contributed by atoms with Crippen LogP contribution in [0.2, 0.25) is 0 Å². The highest BCUT2D eigenvalue weighted by Gasteiger charge is 2.27. The number of nitrogens with two attached hydrogens (primary N) is 1. The van der Waals surface area contributed by atoms with Crippen LogP contribution in [0, 0.1) is 0 Å². The molecule has 0 aromatic rings. The van der Waals surface area contributed by atoms with Crippen molar-refractivity contribution in [2.24, 2.45) is 5.73 Å². The molecule has 0 saturated carbocycles. The predicted molar refractivity (Wildman–Crippen MR) is 237 cm³/mol. The molecule has 4 unspecified atom stereocenters. The average molecular weight is 815 g/mol. The molecule has 0 aliphatic carbocycles. The molecule has 0 heterocycles. The van der Waals surface area contributed by atoms with Crippen LogP contribution in [0.15, 0.2) is 24.3 Å². The zero-order valence-corrected chi connectivity index (χ0v) is 37.4. The van der Waals surface area contributed by atoms with Crippen LogP contribution in [0.1, 0.15) is 226 Å². The van der Waals surface area contributed by atoms with Gasteiger partial charge in [0.15, 0.2) is 0 Å². The van der Waals surface area contributed by atoms with Crippen molar-refractivity contribution < 1.29 is 33.5 Å². The smallest absolute Gasteiger partial charge is 0.393 e. The molecule has 0 spiro atoms. The lowest BCUT2D eigenvalue weighted by Gasteiger charge is -2.24. The lowest BCUT2D eigenvalue weighted by molar-refractivity contribution is -0.124. The summed E-state index contributed by atoms with van der Waals surface area (Å²) >= 11 is 0. The second-order valence-electron chi connectivity index (χ2n) is 16.2. The summed E-state index contributed by atoms with van der Waals surface area (Å²) in [6.45, 7) is 3.97. The zero-order valence-electron chi connectivity index (χ0n) is 36.5. The molecule has 332 valence electrons. The first-order valence-corrected chi connectivity index (χ1v) is 25.0. The quantitative estimate of drug-likeness (QED) is 0.0232. The monoisotopic (exact) mass is 815 g/mol. The van der Waals surface area contributed by atoms with Gasteiger partial charge in [0, 0.05) is 6.54 Å². The van der Waals surface area contributed by atoms with Crippen LogP contribution in [0.3, 0.4) is 0 Å². The summed E-state index contributed by atoms with van der Waals surface area (Å²) in [5.41, 5.74) is 5.37. The first kappa shape index (κ1) is 54.9. The minimum atomic E-state index is -4.41. The van der Waals surface area contributed by atoms with E-state index in [1.54, 1.807) is 6.08 Å². The number of aliphatic hydroxyl groups is 2. The second-order valence-corrected chi connectivity index (χ2v) is 17.6. The van der Waals surface area contributed by atoms with Crippen molar-refractivity contribution in [1.82, 2.24) is 5.32 Å². The van der Waals surface area contributed by atoms with E-state index in [1.807, 2.05) is 6.08 Å². The standard InChI is InChI=1S/C46H91N2O7P/c1-3-5-7-9-11-13-15-17-19-21-23-25-27-29-31-33-35-37-43(49)41-46(51)48-44(42-55-56(52,53)54-40-39-47)45(50)38-36-34-32-30-28-26-24-22-20-18-16-14-12-10-8-6-4-2/h28,30,36,38,43-45,49-50H,3-27,29,31-35,37,39-42,47H2,1-2H3,(H,48,51)(H,52,53)/b30-28+,38-36+. The molecular weight excluding hydrogens is 723 g/mol. The van der Waals surface area contributed by atoms with Crippen molar-refractivity contribution in [3.05, 3.63) is 24.3 Å². The molecule has 0 aromatic carbocycles. The van der Waals surface area contributed by atoms with Crippen molar-refractivity contribution >= 4 is 13.7 Å². The number of amides is 1. The minimum absolute atomic E-state index is 0.0462. The largest absolute Gasteiger partial charge is 0.472 e. The number of carbonyl (C=O) groups is 1. The third kappa shape index (κ3) is 39.8. The number of rotatable bonds is 44. The number of nitrogens with one attached hydrogen (secondary N) is 1. The van der Waals surface area contributed by atoms with Gasteiger partial charge in [-0.25, -0.2) is 4.57 Å². The Morgan fingerprint density at radius 2 is 1.02 bits per heavy atom. The van der Waals surface area contributed by atoms with Crippen molar-refractivity contribution in [3.63, 3.8) is 0 Å². The highest BCUT2D eigenvalue weighted by Crippen LogP contribution is 2.43. The maximum absolute atomic E-state index is 12.8. The Morgan fingerprint density at radius 3 is 1.48 bits per heavy atom. The molecular formula is C46H91N2O7P. The van der Waals surface area contributed by atoms with Gasteiger partial charge in [-0.05, 0) is 32.1 Å². The molecule has 56 heavy (non-hydrogen) atoms. The maximum Gasteiger partial charge on any atom is 0.472 e. The summed E-state index contributed by atoms with van der Waals surface area (Å²) in [5, 5.41) is 24.1. The highest BCUT2D eigenvalue weighted by molar-refractivity contribution is 7.47. The Balaban J connectivity index is 4.29. The van der Waals surface area contributed by atoms with Gasteiger partial charge in [0.05, 0.1) is 37.9 Å². The number of phosphoric ester groups is 1. The SMILES string of the molecule is CCCCCCCCCCCCC/C=C/CC/C=C/C(O)C(COP(=O)(O)OCCN)NC(=O)CC(O)CCCCCCCCCCCCCCCCCCC. The summed E-state index contributed by atoms with van der Waals surface area (Å²) in [6.07, 6.45) is 45.5. The summed E-state index contributed by atoms with van der Waals surface area (Å²) in [4.78, 5) is 22.8. The topological polar surface area (TPSA) is 151 Å². The average Bonchev–Trinajstić information content (AvgIpc) is 3.17. The Hall–Kier alpha value is -1.06. The molecule has 0 saturated heterocycles. The van der Waals surface area contributed by atoms with E-state index in [0.717, 1.165) is 32.1 Å². The first-order valence-electron chi connectivity index (χ1n) is 23.5. The molecule has 9 nitrogen and oxygen atoms in total. The van der Waals surface area contributed by atoms with Gasteiger partial charge in [-0.1, -0.05) is 212 Å². The van der Waals surface area contributed by atoms with Gasteiger partial charge in [-0.2, -0.15) is 0 Å². The Bertz CT molecular complexity index is 950. The van der Waals surface area contributed by atoms with E-state index in [0.29, 0.717) is 12.8 Å². The molecule has 4 atom stereocenters. The number of phosphoric acid groups is 1. The van der Waals surface area contributed by atoms with E-state index in [2.05, 4.69) is 31.3 Å². The van der Waals surface area contributed by atoms with Gasteiger partial charge in [-0.15, -0.1) is 0 Å². The van der Waals surface area contributed by atoms with E-state index < -0.39 is 38.6 Å². The van der Waals surface area contributed by atoms with Crippen molar-refractivity contribution in [2.45, 2.75) is 244 Å². The third-order valence-electron chi connectivity index (χ3n) is 10.6. The molecule has 1 amide bonds. The fourth-order valence-corrected chi connectivity index (χ4v) is 7.78. The Labute approximate surface area is 345 Å². The normalized spacial score (nSPS) is 14.8. The number of hydrogen-bond acceptors (Lipinski definition) is 7. The molecule has 6 N–H and O–H groups in total. The lowest BCUT2D eigenvalue weighted by atomic mass is 10.0. The number of unbranched alkanes of at least 4 members (excludes halogenated alkanes) is 28. The second kappa shape index (κ2) is 42.1. The van der Waals surface area contributed by atoms with E-state index in [4.69, 9.17) is 14.8 Å². The molecule has 0 aliphatic heterocycles. The predicted octanol–water partition coefficient (Wildman–Crippen LogP) is 12.3. The van der Waals surface area contributed by atoms with Gasteiger partial charge >= 0.3 is 7.82 Å². The van der Waals surface area contributed by atoms with Crippen LogP contribution in [-0.4, -0.2) is 59.0 Å². The molecule has 0 bridgehead atoms. The fourth-order valence-electron chi connectivity index (χ4n) is 7.02. The fraction of sp³-hybridized carbons (Fsp3) is 0.891. The molecule has 10 heteroatoms. The van der Waals surface area contributed by atoms with Crippen LogP contribution < -0.4 is 11.1 Å². The molecule has 0 fully saturated rings.